The first kappa shape index (κ1) is 45.3. The summed E-state index contributed by atoms with van der Waals surface area (Å²) in [5, 5.41) is 14.7. The van der Waals surface area contributed by atoms with Crippen LogP contribution >= 0.6 is 0 Å². The molecule has 15 aromatic rings. The van der Waals surface area contributed by atoms with E-state index in [9.17, 15) is 0 Å². The van der Waals surface area contributed by atoms with Gasteiger partial charge in [-0.3, -0.25) is 0 Å². The second-order valence-corrected chi connectivity index (χ2v) is 25.8. The van der Waals surface area contributed by atoms with Gasteiger partial charge in [-0.25, -0.2) is 0 Å². The van der Waals surface area contributed by atoms with Crippen LogP contribution in [0.1, 0.15) is 0 Å². The van der Waals surface area contributed by atoms with E-state index < -0.39 is 8.07 Å². The monoisotopic (exact) mass is 1030 g/mol. The molecule has 1 aliphatic heterocycles. The molecule has 0 spiro atoms. The normalized spacial score (nSPS) is 12.8. The van der Waals surface area contributed by atoms with Gasteiger partial charge in [0.25, 0.3) is 0 Å². The molecule has 2 aromatic heterocycles. The van der Waals surface area contributed by atoms with Crippen molar-refractivity contribution in [2.24, 2.45) is 0 Å². The number of nitrogens with zero attached hydrogens (tertiary/aromatic N) is 2. The molecule has 16 rings (SSSR count). The molecule has 4 nitrogen and oxygen atoms in total. The van der Waals surface area contributed by atoms with Gasteiger partial charge in [-0.2, -0.15) is 0 Å². The summed E-state index contributed by atoms with van der Waals surface area (Å²) in [7, 11) is -2.45. The third kappa shape index (κ3) is 6.86. The lowest BCUT2D eigenvalue weighted by Crippen LogP contribution is -2.56. The summed E-state index contributed by atoms with van der Waals surface area (Å²) in [6.07, 6.45) is 0. The van der Waals surface area contributed by atoms with Crippen LogP contribution in [-0.4, -0.2) is 8.07 Å². The molecule has 0 bridgehead atoms. The topological polar surface area (TPSA) is 32.8 Å². The van der Waals surface area contributed by atoms with Gasteiger partial charge in [-0.15, -0.1) is 0 Å². The number of anilines is 6. The van der Waals surface area contributed by atoms with Crippen LogP contribution in [0.2, 0.25) is 13.1 Å². The Bertz CT molecular complexity index is 4960. The molecule has 0 aliphatic carbocycles. The first-order valence-electron chi connectivity index (χ1n) is 27.2. The van der Waals surface area contributed by atoms with Crippen LogP contribution in [0.3, 0.4) is 0 Å². The Morgan fingerprint density at radius 1 is 0.278 bits per heavy atom. The fourth-order valence-corrected chi connectivity index (χ4v) is 16.3. The highest BCUT2D eigenvalue weighted by atomic mass is 28.3. The summed E-state index contributed by atoms with van der Waals surface area (Å²) in [5.41, 5.74) is 17.0. The molecule has 79 heavy (non-hydrogen) atoms. The van der Waals surface area contributed by atoms with Gasteiger partial charge >= 0.3 is 0 Å². The first-order valence-corrected chi connectivity index (χ1v) is 30.2. The molecule has 0 unspecified atom stereocenters. The molecular weight excluding hydrogens is 977 g/mol. The van der Waals surface area contributed by atoms with E-state index in [1.807, 2.05) is 0 Å². The van der Waals surface area contributed by atoms with E-state index in [-0.39, 0.29) is 0 Å². The lowest BCUT2D eigenvalue weighted by Gasteiger charge is -2.36. The van der Waals surface area contributed by atoms with Crippen LogP contribution < -0.4 is 20.2 Å². The maximum Gasteiger partial charge on any atom is 0.159 e. The Morgan fingerprint density at radius 3 is 1.38 bits per heavy atom. The lowest BCUT2D eigenvalue weighted by molar-refractivity contribution is 0.669. The molecule has 5 heteroatoms. The number of para-hydroxylation sites is 6. The standard InChI is InChI=1S/C74H50N2O2Si/c1-79(2)70-41-21-32-57-61-46-67(76(64-36-16-12-27-51(64)48-24-7-4-8-25-48)66-38-20-34-59-55-31-14-18-40-69(55)78-74(59)66)53-29-10-9-28-52(53)60(61)45-62(72(57)70)56-43-42-49(44-71(56)79)75(63-35-15-11-26-50(63)47-22-5-3-6-23-47)65-37-19-33-58-54-30-13-17-39-68(54)77-73(58)65/h3-46H,1-2H3. The highest BCUT2D eigenvalue weighted by molar-refractivity contribution is 7.03. The second-order valence-electron chi connectivity index (χ2n) is 21.5. The van der Waals surface area contributed by atoms with E-state index >= 15 is 0 Å². The number of benzene rings is 13. The largest absolute Gasteiger partial charge is 0.454 e. The Kier molecular flexibility index (Phi) is 10.1. The van der Waals surface area contributed by atoms with E-state index in [4.69, 9.17) is 8.83 Å². The molecule has 0 atom stereocenters. The number of fused-ring (bicyclic) bond motifs is 12. The number of hydrogen-bond acceptors (Lipinski definition) is 4. The fraction of sp³-hybridized carbons (Fsp3) is 0.0270. The van der Waals surface area contributed by atoms with Crippen LogP contribution in [0.25, 0.3) is 110 Å². The summed E-state index contributed by atoms with van der Waals surface area (Å²) in [6.45, 7) is 5.09. The SMILES string of the molecule is C[Si]1(C)c2cc(N(c3ccccc3-c3ccccc3)c3cccc4c3oc3ccccc34)ccc2-c2cc3c4ccccc4c(N(c4ccccc4-c4ccccc4)c4cccc5c4oc4ccccc45)cc3c3cccc1c23. The van der Waals surface area contributed by atoms with E-state index in [1.54, 1.807) is 0 Å². The van der Waals surface area contributed by atoms with Gasteiger partial charge in [0.1, 0.15) is 19.2 Å². The van der Waals surface area contributed by atoms with Crippen molar-refractivity contribution in [2.45, 2.75) is 13.1 Å². The summed E-state index contributed by atoms with van der Waals surface area (Å²) in [6, 6.07) is 97.4. The predicted octanol–water partition coefficient (Wildman–Crippen LogP) is 20.0. The minimum Gasteiger partial charge on any atom is -0.454 e. The quantitative estimate of drug-likeness (QED) is 0.112. The van der Waals surface area contributed by atoms with Crippen molar-refractivity contribution < 1.29 is 8.83 Å². The van der Waals surface area contributed by atoms with Crippen LogP contribution in [-0.2, 0) is 0 Å². The zero-order chi connectivity index (χ0) is 52.3. The predicted molar refractivity (Wildman–Crippen MR) is 336 cm³/mol. The summed E-state index contributed by atoms with van der Waals surface area (Å²) in [5.74, 6) is 0. The van der Waals surface area contributed by atoms with Crippen molar-refractivity contribution in [3.63, 3.8) is 0 Å². The molecular formula is C74H50N2O2Si. The van der Waals surface area contributed by atoms with Gasteiger partial charge in [0, 0.05) is 43.7 Å². The Hall–Kier alpha value is -9.94. The minimum absolute atomic E-state index is 0.854. The van der Waals surface area contributed by atoms with Crippen LogP contribution in [0.5, 0.6) is 0 Å². The molecule has 0 fully saturated rings. The smallest absolute Gasteiger partial charge is 0.159 e. The van der Waals surface area contributed by atoms with Crippen LogP contribution in [0.4, 0.5) is 34.1 Å². The third-order valence-corrected chi connectivity index (χ3v) is 20.3. The van der Waals surface area contributed by atoms with E-state index in [2.05, 4.69) is 290 Å². The maximum absolute atomic E-state index is 6.92. The average molecular weight is 1030 g/mol. The molecule has 0 amide bonds. The summed E-state index contributed by atoms with van der Waals surface area (Å²) >= 11 is 0. The van der Waals surface area contributed by atoms with Gasteiger partial charge in [0.05, 0.1) is 28.4 Å². The minimum atomic E-state index is -2.45. The molecule has 13 aromatic carbocycles. The molecule has 0 saturated heterocycles. The molecule has 0 saturated carbocycles. The highest BCUT2D eigenvalue weighted by Crippen LogP contribution is 2.52. The van der Waals surface area contributed by atoms with Crippen LogP contribution in [0.15, 0.2) is 276 Å². The fourth-order valence-electron chi connectivity index (χ4n) is 13.2. The zero-order valence-corrected chi connectivity index (χ0v) is 44.6. The maximum atomic E-state index is 6.92. The van der Waals surface area contributed by atoms with Crippen molar-refractivity contribution >= 4 is 129 Å². The Labute approximate surface area is 458 Å². The van der Waals surface area contributed by atoms with Crippen molar-refractivity contribution in [3.05, 3.63) is 267 Å². The summed E-state index contributed by atoms with van der Waals surface area (Å²) < 4.78 is 13.8. The third-order valence-electron chi connectivity index (χ3n) is 16.8. The molecule has 3 heterocycles. The second kappa shape index (κ2) is 17.5. The number of furan rings is 2. The summed E-state index contributed by atoms with van der Waals surface area (Å²) in [4.78, 5) is 4.91. The van der Waals surface area contributed by atoms with Crippen molar-refractivity contribution in [2.75, 3.05) is 9.80 Å². The Balaban J connectivity index is 0.945. The Morgan fingerprint density at radius 2 is 0.747 bits per heavy atom. The molecule has 372 valence electrons. The van der Waals surface area contributed by atoms with Gasteiger partial charge < -0.3 is 18.6 Å². The van der Waals surface area contributed by atoms with Gasteiger partial charge in [-0.1, -0.05) is 219 Å². The van der Waals surface area contributed by atoms with Crippen molar-refractivity contribution in [1.29, 1.82) is 0 Å². The van der Waals surface area contributed by atoms with E-state index in [0.717, 1.165) is 106 Å². The van der Waals surface area contributed by atoms with E-state index in [0.29, 0.717) is 0 Å². The van der Waals surface area contributed by atoms with E-state index in [1.165, 1.54) is 48.4 Å². The van der Waals surface area contributed by atoms with Crippen molar-refractivity contribution in [1.82, 2.24) is 0 Å². The zero-order valence-electron chi connectivity index (χ0n) is 43.6. The molecule has 1 aliphatic rings. The van der Waals surface area contributed by atoms with Crippen LogP contribution in [0, 0.1) is 0 Å². The van der Waals surface area contributed by atoms with Crippen molar-refractivity contribution in [3.8, 4) is 33.4 Å². The first-order chi connectivity index (χ1) is 39.0. The van der Waals surface area contributed by atoms with Gasteiger partial charge in [-0.05, 0) is 120 Å². The van der Waals surface area contributed by atoms with Gasteiger partial charge in [0.2, 0.25) is 0 Å². The molecule has 0 radical (unpaired) electrons. The van der Waals surface area contributed by atoms with Gasteiger partial charge in [0.15, 0.2) is 11.2 Å². The molecule has 0 N–H and O–H groups in total. The lowest BCUT2D eigenvalue weighted by atomic mass is 9.89. The average Bonchev–Trinajstić information content (AvgIpc) is 4.28. The number of rotatable bonds is 8. The number of hydrogen-bond donors (Lipinski definition) is 0. The highest BCUT2D eigenvalue weighted by Gasteiger charge is 2.37.